The molecule has 1 aromatic rings. The van der Waals surface area contributed by atoms with Crippen LogP contribution in [-0.4, -0.2) is 39.9 Å². The van der Waals surface area contributed by atoms with E-state index >= 15 is 0 Å². The highest BCUT2D eigenvalue weighted by Crippen LogP contribution is 2.12. The van der Waals surface area contributed by atoms with Crippen LogP contribution >= 0.6 is 0 Å². The van der Waals surface area contributed by atoms with E-state index in [1.165, 1.54) is 0 Å². The van der Waals surface area contributed by atoms with Crippen LogP contribution in [0.25, 0.3) is 0 Å². The van der Waals surface area contributed by atoms with Gasteiger partial charge in [-0.25, -0.2) is 9.59 Å². The second-order valence-corrected chi connectivity index (χ2v) is 5.77. The number of aliphatic carboxylic acids is 1. The first-order valence-electron chi connectivity index (χ1n) is 6.13. The van der Waals surface area contributed by atoms with Crippen LogP contribution in [-0.2, 0) is 15.6 Å². The third kappa shape index (κ3) is 5.83. The van der Waals surface area contributed by atoms with Gasteiger partial charge in [-0.3, -0.25) is 4.21 Å². The predicted octanol–water partition coefficient (Wildman–Crippen LogP) is 0.880. The number of amides is 2. The summed E-state index contributed by atoms with van der Waals surface area (Å²) in [6.45, 7) is 0.354. The zero-order chi connectivity index (χ0) is 15.0. The lowest BCUT2D eigenvalue weighted by molar-refractivity contribution is -0.139. The van der Waals surface area contributed by atoms with Crippen molar-refractivity contribution < 1.29 is 18.9 Å². The number of hydrogen-bond acceptors (Lipinski definition) is 3. The third-order valence-electron chi connectivity index (χ3n) is 2.55. The minimum Gasteiger partial charge on any atom is -0.479 e. The van der Waals surface area contributed by atoms with Crippen LogP contribution in [0.15, 0.2) is 30.3 Å². The van der Waals surface area contributed by atoms with Crippen LogP contribution in [0.2, 0.25) is 0 Å². The van der Waals surface area contributed by atoms with E-state index in [4.69, 9.17) is 5.11 Å². The molecular weight excluding hydrogens is 280 g/mol. The van der Waals surface area contributed by atoms with Gasteiger partial charge in [0.2, 0.25) is 0 Å². The number of rotatable bonds is 7. The second kappa shape index (κ2) is 8.31. The molecule has 0 fully saturated rings. The van der Waals surface area contributed by atoms with E-state index in [1.54, 1.807) is 36.6 Å². The number of urea groups is 1. The number of hydrogen-bond donors (Lipinski definition) is 3. The molecule has 0 saturated heterocycles. The van der Waals surface area contributed by atoms with E-state index < -0.39 is 28.8 Å². The fourth-order valence-corrected chi connectivity index (χ4v) is 2.14. The first-order valence-corrected chi connectivity index (χ1v) is 7.85. The molecule has 0 heterocycles. The van der Waals surface area contributed by atoms with Gasteiger partial charge in [-0.05, 0) is 12.0 Å². The predicted molar refractivity (Wildman–Crippen MR) is 76.9 cm³/mol. The smallest absolute Gasteiger partial charge is 0.330 e. The maximum atomic E-state index is 11.6. The van der Waals surface area contributed by atoms with Gasteiger partial charge in [-0.1, -0.05) is 30.3 Å². The molecule has 20 heavy (non-hydrogen) atoms. The largest absolute Gasteiger partial charge is 0.479 e. The molecule has 2 amide bonds. The number of benzene rings is 1. The van der Waals surface area contributed by atoms with Gasteiger partial charge in [0.25, 0.3) is 0 Å². The van der Waals surface area contributed by atoms with Crippen LogP contribution in [0.4, 0.5) is 4.79 Å². The molecule has 7 heteroatoms. The minimum atomic E-state index is -1.12. The maximum Gasteiger partial charge on any atom is 0.330 e. The van der Waals surface area contributed by atoms with Gasteiger partial charge in [0.15, 0.2) is 6.04 Å². The van der Waals surface area contributed by atoms with Crippen molar-refractivity contribution in [3.63, 3.8) is 0 Å². The number of carbonyl (C=O) groups excluding carboxylic acids is 1. The van der Waals surface area contributed by atoms with E-state index in [-0.39, 0.29) is 0 Å². The Morgan fingerprint density at radius 3 is 2.50 bits per heavy atom. The first-order chi connectivity index (χ1) is 9.50. The average molecular weight is 298 g/mol. The summed E-state index contributed by atoms with van der Waals surface area (Å²) >= 11 is 0. The Balaban J connectivity index is 2.48. The van der Waals surface area contributed by atoms with E-state index in [0.29, 0.717) is 24.3 Å². The van der Waals surface area contributed by atoms with Gasteiger partial charge < -0.3 is 15.7 Å². The normalized spacial score (nSPS) is 13.2. The average Bonchev–Trinajstić information content (AvgIpc) is 2.41. The molecule has 0 aromatic heterocycles. The van der Waals surface area contributed by atoms with E-state index in [2.05, 4.69) is 10.6 Å². The van der Waals surface area contributed by atoms with Crippen LogP contribution in [0.1, 0.15) is 18.0 Å². The third-order valence-corrected chi connectivity index (χ3v) is 3.41. The summed E-state index contributed by atoms with van der Waals surface area (Å²) in [4.78, 5) is 22.8. The van der Waals surface area contributed by atoms with Crippen LogP contribution in [0, 0.1) is 0 Å². The highest BCUT2D eigenvalue weighted by Gasteiger charge is 2.21. The molecule has 0 radical (unpaired) electrons. The molecule has 0 bridgehead atoms. The van der Waals surface area contributed by atoms with E-state index in [0.717, 1.165) is 0 Å². The van der Waals surface area contributed by atoms with Gasteiger partial charge in [-0.15, -0.1) is 0 Å². The summed E-state index contributed by atoms with van der Waals surface area (Å²) in [5.41, 5.74) is 0.504. The molecule has 3 N–H and O–H groups in total. The molecule has 0 aliphatic carbocycles. The molecule has 6 nitrogen and oxygen atoms in total. The first kappa shape index (κ1) is 16.2. The quantitative estimate of drug-likeness (QED) is 0.651. The highest BCUT2D eigenvalue weighted by molar-refractivity contribution is 7.84. The van der Waals surface area contributed by atoms with E-state index in [1.807, 2.05) is 0 Å². The zero-order valence-corrected chi connectivity index (χ0v) is 12.0. The second-order valence-electron chi connectivity index (χ2n) is 4.21. The molecule has 2 unspecified atom stereocenters. The van der Waals surface area contributed by atoms with Crippen LogP contribution in [0.5, 0.6) is 0 Å². The summed E-state index contributed by atoms with van der Waals surface area (Å²) < 4.78 is 10.8. The molecule has 0 spiro atoms. The van der Waals surface area contributed by atoms with Crippen molar-refractivity contribution in [3.05, 3.63) is 35.9 Å². The summed E-state index contributed by atoms with van der Waals surface area (Å²) in [5, 5.41) is 14.1. The topological polar surface area (TPSA) is 95.5 Å². The van der Waals surface area contributed by atoms with Crippen LogP contribution in [0.3, 0.4) is 0 Å². The number of carbonyl (C=O) groups is 2. The van der Waals surface area contributed by atoms with Crippen molar-refractivity contribution in [1.82, 2.24) is 10.6 Å². The van der Waals surface area contributed by atoms with Crippen LogP contribution < -0.4 is 10.6 Å². The summed E-state index contributed by atoms with van der Waals surface area (Å²) in [6.07, 6.45) is 2.18. The summed E-state index contributed by atoms with van der Waals surface area (Å²) in [7, 11) is -0.894. The lowest BCUT2D eigenvalue weighted by Gasteiger charge is -2.15. The van der Waals surface area contributed by atoms with Gasteiger partial charge >= 0.3 is 12.0 Å². The lowest BCUT2D eigenvalue weighted by Crippen LogP contribution is -2.41. The van der Waals surface area contributed by atoms with Crippen molar-refractivity contribution in [3.8, 4) is 0 Å². The van der Waals surface area contributed by atoms with Gasteiger partial charge in [-0.2, -0.15) is 0 Å². The number of nitrogens with one attached hydrogen (secondary N) is 2. The molecule has 2 atom stereocenters. The molecule has 0 aliphatic heterocycles. The molecule has 0 aliphatic rings. The van der Waals surface area contributed by atoms with E-state index in [9.17, 15) is 13.8 Å². The molecule has 1 rings (SSSR count). The Morgan fingerprint density at radius 1 is 1.30 bits per heavy atom. The van der Waals surface area contributed by atoms with Crippen molar-refractivity contribution in [2.24, 2.45) is 0 Å². The Hall–Kier alpha value is -1.89. The van der Waals surface area contributed by atoms with Crippen molar-refractivity contribution in [2.75, 3.05) is 18.6 Å². The minimum absolute atomic E-state index is 0.354. The number of carboxylic acids is 1. The molecular formula is C13H18N2O4S. The van der Waals surface area contributed by atoms with Crippen molar-refractivity contribution in [2.45, 2.75) is 12.5 Å². The number of carboxylic acid groups (broad SMARTS) is 1. The SMILES string of the molecule is CS(=O)CCCNC(=O)NC(C(=O)O)c1ccccc1. The molecule has 0 saturated carbocycles. The fraction of sp³-hybridized carbons (Fsp3) is 0.385. The lowest BCUT2D eigenvalue weighted by atomic mass is 10.1. The standard InChI is InChI=1S/C13H18N2O4S/c1-20(19)9-5-8-14-13(18)15-11(12(16)17)10-6-3-2-4-7-10/h2-4,6-7,11H,5,8-9H2,1H3,(H,16,17)(H2,14,15,18). The van der Waals surface area contributed by atoms with Gasteiger partial charge in [0.1, 0.15) is 0 Å². The zero-order valence-electron chi connectivity index (χ0n) is 11.2. The molecule has 1 aromatic carbocycles. The van der Waals surface area contributed by atoms with Gasteiger partial charge in [0, 0.05) is 29.4 Å². The maximum absolute atomic E-state index is 11.6. The molecule has 110 valence electrons. The van der Waals surface area contributed by atoms with Gasteiger partial charge in [0.05, 0.1) is 0 Å². The summed E-state index contributed by atoms with van der Waals surface area (Å²) in [6, 6.07) is 6.83. The Kier molecular flexibility index (Phi) is 6.72. The fourth-order valence-electron chi connectivity index (χ4n) is 1.59. The van der Waals surface area contributed by atoms with Crippen molar-refractivity contribution >= 4 is 22.8 Å². The Morgan fingerprint density at radius 2 is 1.95 bits per heavy atom. The monoisotopic (exact) mass is 298 g/mol. The Bertz CT molecular complexity index is 479. The highest BCUT2D eigenvalue weighted by atomic mass is 32.2. The van der Waals surface area contributed by atoms with Crippen molar-refractivity contribution in [1.29, 1.82) is 0 Å². The Labute approximate surface area is 120 Å². The summed E-state index contributed by atoms with van der Waals surface area (Å²) in [5.74, 6) is -0.623.